The normalized spacial score (nSPS) is 10.4. The zero-order chi connectivity index (χ0) is 18.4. The number of pyridine rings is 1. The number of hydrogen-bond donors (Lipinski definition) is 1. The van der Waals surface area contributed by atoms with Crippen molar-refractivity contribution >= 4 is 40.7 Å². The molecule has 1 N–H and O–H groups in total. The number of hydrogen-bond acceptors (Lipinski definition) is 3. The van der Waals surface area contributed by atoms with Crippen molar-refractivity contribution in [2.24, 2.45) is 0 Å². The number of rotatable bonds is 6. The number of nitrogens with one attached hydrogen (secondary N) is 1. The molecule has 1 aromatic heterocycles. The van der Waals surface area contributed by atoms with Crippen LogP contribution in [0.1, 0.15) is 40.5 Å². The number of halogens is 2. The molecule has 0 aliphatic carbocycles. The number of nitrogens with zero attached hydrogens (tertiary/aromatic N) is 2. The molecule has 0 saturated heterocycles. The molecule has 1 aromatic carbocycles. The lowest BCUT2D eigenvalue weighted by molar-refractivity contribution is 0.0793. The Morgan fingerprint density at radius 3 is 2.64 bits per heavy atom. The van der Waals surface area contributed by atoms with Crippen molar-refractivity contribution in [3.63, 3.8) is 0 Å². The molecule has 0 unspecified atom stereocenters. The van der Waals surface area contributed by atoms with Crippen LogP contribution >= 0.6 is 23.2 Å². The van der Waals surface area contributed by atoms with Crippen LogP contribution in [-0.2, 0) is 0 Å². The van der Waals surface area contributed by atoms with E-state index >= 15 is 0 Å². The summed E-state index contributed by atoms with van der Waals surface area (Å²) in [5, 5.41) is 3.28. The SMILES string of the molecule is CCCCN(C)C(=O)c1cncc(C(=O)Nc2cccc(Cl)c2Cl)c1. The van der Waals surface area contributed by atoms with Gasteiger partial charge in [-0.1, -0.05) is 42.6 Å². The molecule has 2 rings (SSSR count). The highest BCUT2D eigenvalue weighted by molar-refractivity contribution is 6.44. The zero-order valence-electron chi connectivity index (χ0n) is 14.1. The van der Waals surface area contributed by atoms with E-state index in [0.717, 1.165) is 12.8 Å². The largest absolute Gasteiger partial charge is 0.342 e. The van der Waals surface area contributed by atoms with Gasteiger partial charge in [0.2, 0.25) is 0 Å². The minimum Gasteiger partial charge on any atom is -0.342 e. The summed E-state index contributed by atoms with van der Waals surface area (Å²) in [6.45, 7) is 2.72. The molecule has 0 spiro atoms. The predicted octanol–water partition coefficient (Wildman–Crippen LogP) is 4.51. The number of aromatic nitrogens is 1. The van der Waals surface area contributed by atoms with Gasteiger partial charge in [0.05, 0.1) is 26.9 Å². The third-order valence-corrected chi connectivity index (χ3v) is 4.46. The van der Waals surface area contributed by atoms with Crippen molar-refractivity contribution in [3.8, 4) is 0 Å². The topological polar surface area (TPSA) is 62.3 Å². The highest BCUT2D eigenvalue weighted by Gasteiger charge is 2.16. The Morgan fingerprint density at radius 2 is 1.92 bits per heavy atom. The molecule has 0 aliphatic heterocycles. The fourth-order valence-corrected chi connectivity index (χ4v) is 2.54. The molecule has 0 radical (unpaired) electrons. The van der Waals surface area contributed by atoms with Gasteiger partial charge < -0.3 is 10.2 Å². The van der Waals surface area contributed by atoms with Gasteiger partial charge in [-0.15, -0.1) is 0 Å². The molecule has 2 aromatic rings. The number of carbonyl (C=O) groups is 2. The van der Waals surface area contributed by atoms with E-state index in [1.54, 1.807) is 30.1 Å². The Labute approximate surface area is 157 Å². The fourth-order valence-electron chi connectivity index (χ4n) is 2.19. The quantitative estimate of drug-likeness (QED) is 0.802. The smallest absolute Gasteiger partial charge is 0.257 e. The zero-order valence-corrected chi connectivity index (χ0v) is 15.6. The lowest BCUT2D eigenvalue weighted by Crippen LogP contribution is -2.28. The van der Waals surface area contributed by atoms with Crippen LogP contribution in [0, 0.1) is 0 Å². The second-order valence-corrected chi connectivity index (χ2v) is 6.38. The van der Waals surface area contributed by atoms with Gasteiger partial charge in [-0.25, -0.2) is 0 Å². The number of benzene rings is 1. The molecule has 132 valence electrons. The molecule has 25 heavy (non-hydrogen) atoms. The molecule has 5 nitrogen and oxygen atoms in total. The lowest BCUT2D eigenvalue weighted by Gasteiger charge is -2.16. The van der Waals surface area contributed by atoms with Crippen molar-refractivity contribution in [3.05, 3.63) is 57.8 Å². The van der Waals surface area contributed by atoms with Crippen molar-refractivity contribution in [1.29, 1.82) is 0 Å². The van der Waals surface area contributed by atoms with E-state index in [4.69, 9.17) is 23.2 Å². The first-order chi connectivity index (χ1) is 11.9. The maximum absolute atomic E-state index is 12.4. The van der Waals surface area contributed by atoms with E-state index in [1.165, 1.54) is 18.5 Å². The highest BCUT2D eigenvalue weighted by atomic mass is 35.5. The van der Waals surface area contributed by atoms with E-state index in [-0.39, 0.29) is 16.5 Å². The number of amides is 2. The molecular weight excluding hydrogens is 361 g/mol. The van der Waals surface area contributed by atoms with Crippen molar-refractivity contribution in [1.82, 2.24) is 9.88 Å². The van der Waals surface area contributed by atoms with Crippen LogP contribution in [0.3, 0.4) is 0 Å². The maximum atomic E-state index is 12.4. The van der Waals surface area contributed by atoms with Crippen molar-refractivity contribution in [2.75, 3.05) is 18.9 Å². The summed E-state index contributed by atoms with van der Waals surface area (Å²) < 4.78 is 0. The summed E-state index contributed by atoms with van der Waals surface area (Å²) in [4.78, 5) is 30.4. The molecule has 0 fully saturated rings. The number of unbranched alkanes of at least 4 members (excludes halogenated alkanes) is 1. The van der Waals surface area contributed by atoms with Crippen molar-refractivity contribution in [2.45, 2.75) is 19.8 Å². The van der Waals surface area contributed by atoms with Crippen LogP contribution < -0.4 is 5.32 Å². The van der Waals surface area contributed by atoms with Gasteiger partial charge in [-0.05, 0) is 24.6 Å². The van der Waals surface area contributed by atoms with Crippen LogP contribution in [0.4, 0.5) is 5.69 Å². The molecule has 1 heterocycles. The van der Waals surface area contributed by atoms with E-state index in [9.17, 15) is 9.59 Å². The van der Waals surface area contributed by atoms with Crippen LogP contribution in [0.5, 0.6) is 0 Å². The monoisotopic (exact) mass is 379 g/mol. The minimum atomic E-state index is -0.414. The first kappa shape index (κ1) is 19.2. The van der Waals surface area contributed by atoms with E-state index in [1.807, 2.05) is 0 Å². The fraction of sp³-hybridized carbons (Fsp3) is 0.278. The first-order valence-electron chi connectivity index (χ1n) is 7.90. The Kier molecular flexibility index (Phi) is 6.79. The van der Waals surface area contributed by atoms with E-state index < -0.39 is 5.91 Å². The average molecular weight is 380 g/mol. The molecule has 7 heteroatoms. The standard InChI is InChI=1S/C18H19Cl2N3O2/c1-3-4-8-23(2)18(25)13-9-12(10-21-11-13)17(24)22-15-7-5-6-14(19)16(15)20/h5-7,9-11H,3-4,8H2,1-2H3,(H,22,24). The molecular formula is C18H19Cl2N3O2. The second-order valence-electron chi connectivity index (χ2n) is 5.60. The van der Waals surface area contributed by atoms with E-state index in [2.05, 4.69) is 17.2 Å². The Hall–Kier alpha value is -2.11. The van der Waals surface area contributed by atoms with Gasteiger partial charge in [0.1, 0.15) is 0 Å². The average Bonchev–Trinajstić information content (AvgIpc) is 2.62. The lowest BCUT2D eigenvalue weighted by atomic mass is 10.1. The van der Waals surface area contributed by atoms with Crippen LogP contribution in [0.2, 0.25) is 10.0 Å². The molecule has 0 aliphatic rings. The molecule has 0 saturated carbocycles. The first-order valence-corrected chi connectivity index (χ1v) is 8.65. The number of carbonyl (C=O) groups excluding carboxylic acids is 2. The molecule has 0 bridgehead atoms. The van der Waals surface area contributed by atoms with Gasteiger partial charge in [-0.3, -0.25) is 14.6 Å². The maximum Gasteiger partial charge on any atom is 0.257 e. The summed E-state index contributed by atoms with van der Waals surface area (Å²) in [5.41, 5.74) is 1.03. The van der Waals surface area contributed by atoms with Crippen molar-refractivity contribution < 1.29 is 9.59 Å². The second kappa shape index (κ2) is 8.83. The van der Waals surface area contributed by atoms with Crippen LogP contribution in [-0.4, -0.2) is 35.3 Å². The highest BCUT2D eigenvalue weighted by Crippen LogP contribution is 2.29. The summed E-state index contributed by atoms with van der Waals surface area (Å²) in [7, 11) is 1.73. The third-order valence-electron chi connectivity index (χ3n) is 3.64. The van der Waals surface area contributed by atoms with Gasteiger partial charge in [0.15, 0.2) is 0 Å². The summed E-state index contributed by atoms with van der Waals surface area (Å²) in [5.74, 6) is -0.584. The Bertz CT molecular complexity index is 781. The molecule has 2 amide bonds. The van der Waals surface area contributed by atoms with Gasteiger partial charge >= 0.3 is 0 Å². The van der Waals surface area contributed by atoms with Crippen LogP contribution in [0.15, 0.2) is 36.7 Å². The summed E-state index contributed by atoms with van der Waals surface area (Å²) in [6, 6.07) is 6.48. The Morgan fingerprint density at radius 1 is 1.20 bits per heavy atom. The summed E-state index contributed by atoms with van der Waals surface area (Å²) >= 11 is 12.0. The molecule has 0 atom stereocenters. The minimum absolute atomic E-state index is 0.170. The predicted molar refractivity (Wildman–Crippen MR) is 101 cm³/mol. The van der Waals surface area contributed by atoms with Crippen LogP contribution in [0.25, 0.3) is 0 Å². The third kappa shape index (κ3) is 4.94. The van der Waals surface area contributed by atoms with E-state index in [0.29, 0.717) is 22.8 Å². The number of anilines is 1. The van der Waals surface area contributed by atoms with Gasteiger partial charge in [0.25, 0.3) is 11.8 Å². The Balaban J connectivity index is 2.16. The van der Waals surface area contributed by atoms with Gasteiger partial charge in [0, 0.05) is 26.0 Å². The van der Waals surface area contributed by atoms with Gasteiger partial charge in [-0.2, -0.15) is 0 Å². The summed E-state index contributed by atoms with van der Waals surface area (Å²) in [6.07, 6.45) is 4.77.